The Morgan fingerprint density at radius 2 is 2.19 bits per heavy atom. The molecule has 2 aliphatic heterocycles. The Kier molecular flexibility index (Phi) is 3.16. The Labute approximate surface area is 130 Å². The first-order chi connectivity index (χ1) is 9.96. The van der Waals surface area contributed by atoms with E-state index >= 15 is 0 Å². The number of hydrogen-bond acceptors (Lipinski definition) is 4. The molecular formula is C16H24N2O2S. The van der Waals surface area contributed by atoms with Crippen molar-refractivity contribution in [3.63, 3.8) is 0 Å². The molecule has 0 unspecified atom stereocenters. The van der Waals surface area contributed by atoms with Gasteiger partial charge in [0.25, 0.3) is 5.91 Å². The van der Waals surface area contributed by atoms with Crippen molar-refractivity contribution in [1.82, 2.24) is 5.32 Å². The molecule has 0 radical (unpaired) electrons. The van der Waals surface area contributed by atoms with Gasteiger partial charge in [-0.05, 0) is 51.4 Å². The van der Waals surface area contributed by atoms with Crippen LogP contribution < -0.4 is 5.32 Å². The van der Waals surface area contributed by atoms with Crippen LogP contribution in [0.4, 0.5) is 0 Å². The van der Waals surface area contributed by atoms with Gasteiger partial charge in [0.2, 0.25) is 0 Å². The number of nitrogens with one attached hydrogen (secondary N) is 1. The smallest absolute Gasteiger partial charge is 0.264 e. The monoisotopic (exact) mass is 308 g/mol. The fourth-order valence-corrected chi connectivity index (χ4v) is 6.12. The number of carbonyl (C=O) groups excluding carboxylic acids is 1. The van der Waals surface area contributed by atoms with Crippen LogP contribution >= 0.6 is 11.8 Å². The Morgan fingerprint density at radius 1 is 1.33 bits per heavy atom. The number of amides is 1. The third-order valence-electron chi connectivity index (χ3n) is 5.64. The molecule has 4 nitrogen and oxygen atoms in total. The highest BCUT2D eigenvalue weighted by molar-refractivity contribution is 8.16. The van der Waals surface area contributed by atoms with Gasteiger partial charge in [-0.15, -0.1) is 0 Å². The van der Waals surface area contributed by atoms with Crippen molar-refractivity contribution in [2.45, 2.75) is 68.8 Å². The molecule has 1 spiro atoms. The minimum Gasteiger partial charge on any atom is -0.375 e. The molecular weight excluding hydrogens is 284 g/mol. The summed E-state index contributed by atoms with van der Waals surface area (Å²) in [5.41, 5.74) is -0.224. The minimum absolute atomic E-state index is 0.0505. The molecule has 2 saturated carbocycles. The third kappa shape index (κ3) is 2.42. The van der Waals surface area contributed by atoms with Crippen LogP contribution in [0.15, 0.2) is 4.99 Å². The van der Waals surface area contributed by atoms with E-state index in [9.17, 15) is 4.79 Å². The number of hydrogen-bond donors (Lipinski definition) is 1. The molecule has 116 valence electrons. The molecule has 4 rings (SSSR count). The van der Waals surface area contributed by atoms with E-state index in [0.29, 0.717) is 12.6 Å². The highest BCUT2D eigenvalue weighted by Crippen LogP contribution is 2.48. The van der Waals surface area contributed by atoms with E-state index in [4.69, 9.17) is 4.74 Å². The Balaban J connectivity index is 1.45. The van der Waals surface area contributed by atoms with Crippen LogP contribution in [-0.4, -0.2) is 34.1 Å². The molecule has 2 bridgehead atoms. The summed E-state index contributed by atoms with van der Waals surface area (Å²) < 4.78 is 5.40. The van der Waals surface area contributed by atoms with E-state index in [-0.39, 0.29) is 16.3 Å². The predicted octanol–water partition coefficient (Wildman–Crippen LogP) is 2.72. The number of aliphatic imine (C=N–C) groups is 1. The summed E-state index contributed by atoms with van der Waals surface area (Å²) in [6.07, 6.45) is 6.92. The van der Waals surface area contributed by atoms with Gasteiger partial charge in [0, 0.05) is 19.1 Å². The lowest BCUT2D eigenvalue weighted by molar-refractivity contribution is -0.128. The molecule has 4 aliphatic rings. The molecule has 2 aliphatic carbocycles. The average Bonchev–Trinajstić information content (AvgIpc) is 3.05. The maximum absolute atomic E-state index is 12.5. The summed E-state index contributed by atoms with van der Waals surface area (Å²) in [7, 11) is 0. The summed E-state index contributed by atoms with van der Waals surface area (Å²) in [4.78, 5) is 16.8. The van der Waals surface area contributed by atoms with Crippen LogP contribution in [0.25, 0.3) is 0 Å². The van der Waals surface area contributed by atoms with Gasteiger partial charge >= 0.3 is 0 Å². The van der Waals surface area contributed by atoms with E-state index in [1.807, 2.05) is 0 Å². The van der Waals surface area contributed by atoms with E-state index in [0.717, 1.165) is 29.8 Å². The molecule has 3 fully saturated rings. The number of fused-ring (bicyclic) bond motifs is 2. The topological polar surface area (TPSA) is 50.7 Å². The van der Waals surface area contributed by atoms with E-state index in [1.165, 1.54) is 25.7 Å². The van der Waals surface area contributed by atoms with Crippen molar-refractivity contribution in [2.24, 2.45) is 16.8 Å². The second kappa shape index (κ2) is 4.72. The van der Waals surface area contributed by atoms with Gasteiger partial charge in [0.15, 0.2) is 5.17 Å². The first-order valence-corrected chi connectivity index (χ1v) is 9.00. The summed E-state index contributed by atoms with van der Waals surface area (Å²) in [6.45, 7) is 4.80. The zero-order chi connectivity index (χ0) is 14.7. The van der Waals surface area contributed by atoms with Gasteiger partial charge in [-0.2, -0.15) is 4.99 Å². The Morgan fingerprint density at radius 3 is 2.86 bits per heavy atom. The van der Waals surface area contributed by atoms with E-state index in [1.54, 1.807) is 11.8 Å². The van der Waals surface area contributed by atoms with Crippen LogP contribution in [0.3, 0.4) is 0 Å². The molecule has 1 amide bonds. The molecule has 5 heteroatoms. The van der Waals surface area contributed by atoms with Crippen molar-refractivity contribution in [1.29, 1.82) is 0 Å². The van der Waals surface area contributed by atoms with Crippen molar-refractivity contribution in [3.05, 3.63) is 0 Å². The van der Waals surface area contributed by atoms with Crippen LogP contribution in [0.1, 0.15) is 52.4 Å². The molecule has 4 atom stereocenters. The molecule has 0 aromatic heterocycles. The minimum atomic E-state index is -0.373. The van der Waals surface area contributed by atoms with E-state index in [2.05, 4.69) is 24.2 Å². The lowest BCUT2D eigenvalue weighted by Crippen LogP contribution is -2.47. The number of ether oxygens (including phenoxy) is 1. The second-order valence-electron chi connectivity index (χ2n) is 7.78. The molecule has 1 N–H and O–H groups in total. The fraction of sp³-hybridized carbons (Fsp3) is 0.875. The maximum atomic E-state index is 12.5. The van der Waals surface area contributed by atoms with Gasteiger partial charge < -0.3 is 10.1 Å². The van der Waals surface area contributed by atoms with Crippen LogP contribution in [0.2, 0.25) is 0 Å². The van der Waals surface area contributed by atoms with Crippen LogP contribution in [0.5, 0.6) is 0 Å². The molecule has 1 saturated heterocycles. The van der Waals surface area contributed by atoms with Gasteiger partial charge in [-0.3, -0.25) is 4.79 Å². The summed E-state index contributed by atoms with van der Waals surface area (Å²) in [6, 6.07) is 0.547. The maximum Gasteiger partial charge on any atom is 0.264 e. The molecule has 2 heterocycles. The number of amidine groups is 1. The van der Waals surface area contributed by atoms with Crippen LogP contribution in [0, 0.1) is 11.8 Å². The number of nitrogens with zero attached hydrogens (tertiary/aromatic N) is 1. The summed E-state index contributed by atoms with van der Waals surface area (Å²) in [5, 5.41) is 4.46. The molecule has 21 heavy (non-hydrogen) atoms. The second-order valence-corrected chi connectivity index (χ2v) is 9.15. The zero-order valence-electron chi connectivity index (χ0n) is 12.9. The number of rotatable bonds is 1. The Hall–Kier alpha value is -0.550. The number of carbonyl (C=O) groups is 1. The highest BCUT2D eigenvalue weighted by Gasteiger charge is 2.52. The fourth-order valence-electron chi connectivity index (χ4n) is 4.68. The van der Waals surface area contributed by atoms with Crippen molar-refractivity contribution < 1.29 is 9.53 Å². The predicted molar refractivity (Wildman–Crippen MR) is 84.4 cm³/mol. The van der Waals surface area contributed by atoms with Gasteiger partial charge in [0.1, 0.15) is 4.75 Å². The largest absolute Gasteiger partial charge is 0.375 e. The SMILES string of the molecule is CC1(C)C[C@@]2(CCO1)SC(N[C@H]1C[C@@H]3CC[C@H]1C3)=NC2=O. The lowest BCUT2D eigenvalue weighted by atomic mass is 9.87. The normalized spacial score (nSPS) is 44.4. The lowest BCUT2D eigenvalue weighted by Gasteiger charge is -2.40. The van der Waals surface area contributed by atoms with Crippen molar-refractivity contribution >= 4 is 22.8 Å². The standard InChI is InChI=1S/C16H24N2O2S/c1-15(2)9-16(5-6-20-15)13(19)18-14(21-16)17-12-8-10-3-4-11(12)7-10/h10-12H,3-9H2,1-2H3,(H,17,18,19)/t10-,11+,12+,16-/m1/s1. The number of thioether (sulfide) groups is 1. The summed E-state index contributed by atoms with van der Waals surface area (Å²) >= 11 is 1.67. The zero-order valence-corrected chi connectivity index (χ0v) is 13.7. The van der Waals surface area contributed by atoms with Crippen LogP contribution in [-0.2, 0) is 9.53 Å². The molecule has 0 aromatic rings. The van der Waals surface area contributed by atoms with Gasteiger partial charge in [-0.25, -0.2) is 0 Å². The quantitative estimate of drug-likeness (QED) is 0.809. The first-order valence-electron chi connectivity index (χ1n) is 8.18. The molecule has 0 aromatic carbocycles. The van der Waals surface area contributed by atoms with Gasteiger partial charge in [-0.1, -0.05) is 18.2 Å². The van der Waals surface area contributed by atoms with Crippen molar-refractivity contribution in [3.8, 4) is 0 Å². The van der Waals surface area contributed by atoms with Gasteiger partial charge in [0.05, 0.1) is 5.60 Å². The first kappa shape index (κ1) is 14.1. The Bertz CT molecular complexity index is 505. The third-order valence-corrected chi connectivity index (χ3v) is 6.96. The highest BCUT2D eigenvalue weighted by atomic mass is 32.2. The summed E-state index contributed by atoms with van der Waals surface area (Å²) in [5.74, 6) is 1.76. The van der Waals surface area contributed by atoms with Crippen molar-refractivity contribution in [2.75, 3.05) is 6.61 Å². The van der Waals surface area contributed by atoms with E-state index < -0.39 is 0 Å². The average molecular weight is 308 g/mol.